The molecule has 1 aliphatic carbocycles. The normalized spacial score (nSPS) is 33.5. The molecule has 2 aliphatic heterocycles. The second kappa shape index (κ2) is 5.71. The molecule has 2 saturated heterocycles. The van der Waals surface area contributed by atoms with Crippen LogP contribution in [0, 0.1) is 5.92 Å². The molecule has 2 heterocycles. The minimum Gasteiger partial charge on any atom is -0.329 e. The van der Waals surface area contributed by atoms with E-state index in [9.17, 15) is 0 Å². The molecule has 3 aliphatic rings. The number of nitrogens with two attached hydrogens (primary N) is 1. The molecule has 2 N–H and O–H groups in total. The van der Waals surface area contributed by atoms with Gasteiger partial charge in [-0.2, -0.15) is 0 Å². The van der Waals surface area contributed by atoms with Gasteiger partial charge in [-0.1, -0.05) is 13.3 Å². The van der Waals surface area contributed by atoms with Gasteiger partial charge >= 0.3 is 0 Å². The van der Waals surface area contributed by atoms with Crippen LogP contribution in [0.3, 0.4) is 0 Å². The Morgan fingerprint density at radius 2 is 1.79 bits per heavy atom. The highest BCUT2D eigenvalue weighted by Gasteiger charge is 2.49. The lowest BCUT2D eigenvalue weighted by molar-refractivity contribution is 0.0786. The van der Waals surface area contributed by atoms with Crippen LogP contribution >= 0.6 is 0 Å². The zero-order chi connectivity index (χ0) is 13.3. The van der Waals surface area contributed by atoms with E-state index in [0.29, 0.717) is 5.54 Å². The summed E-state index contributed by atoms with van der Waals surface area (Å²) in [5.41, 5.74) is 6.55. The third kappa shape index (κ3) is 2.57. The Morgan fingerprint density at radius 3 is 2.37 bits per heavy atom. The molecule has 110 valence electrons. The lowest BCUT2D eigenvalue weighted by Gasteiger charge is -2.42. The van der Waals surface area contributed by atoms with Crippen LogP contribution in [0.4, 0.5) is 0 Å². The minimum absolute atomic E-state index is 0.338. The van der Waals surface area contributed by atoms with E-state index in [2.05, 4.69) is 16.7 Å². The summed E-state index contributed by atoms with van der Waals surface area (Å²) in [5.74, 6) is 0.891. The average molecular weight is 265 g/mol. The summed E-state index contributed by atoms with van der Waals surface area (Å²) in [4.78, 5) is 5.53. The predicted molar refractivity (Wildman–Crippen MR) is 80.2 cm³/mol. The molecule has 0 aromatic rings. The lowest BCUT2D eigenvalue weighted by atomic mass is 9.88. The Morgan fingerprint density at radius 1 is 1.05 bits per heavy atom. The Hall–Kier alpha value is -0.120. The Balaban J connectivity index is 1.63. The van der Waals surface area contributed by atoms with Crippen molar-refractivity contribution in [2.75, 3.05) is 32.7 Å². The fraction of sp³-hybridized carbons (Fsp3) is 1.00. The van der Waals surface area contributed by atoms with E-state index >= 15 is 0 Å². The van der Waals surface area contributed by atoms with Crippen molar-refractivity contribution in [3.05, 3.63) is 0 Å². The van der Waals surface area contributed by atoms with Crippen molar-refractivity contribution in [1.29, 1.82) is 0 Å². The number of piperidine rings is 1. The van der Waals surface area contributed by atoms with Crippen LogP contribution in [0.25, 0.3) is 0 Å². The molecule has 2 unspecified atom stereocenters. The number of hydrogen-bond donors (Lipinski definition) is 1. The summed E-state index contributed by atoms with van der Waals surface area (Å²) in [6.07, 6.45) is 9.70. The second-order valence-electron chi connectivity index (χ2n) is 6.92. The van der Waals surface area contributed by atoms with Crippen LogP contribution < -0.4 is 5.73 Å². The first-order chi connectivity index (χ1) is 9.30. The van der Waals surface area contributed by atoms with Crippen LogP contribution in [-0.2, 0) is 0 Å². The monoisotopic (exact) mass is 265 g/mol. The third-order valence-corrected chi connectivity index (χ3v) is 6.00. The van der Waals surface area contributed by atoms with Gasteiger partial charge in [0.05, 0.1) is 0 Å². The van der Waals surface area contributed by atoms with Gasteiger partial charge in [-0.3, -0.25) is 9.80 Å². The summed E-state index contributed by atoms with van der Waals surface area (Å²) in [6.45, 7) is 8.44. The maximum Gasteiger partial charge on any atom is 0.0357 e. The van der Waals surface area contributed by atoms with Gasteiger partial charge < -0.3 is 5.73 Å². The Labute approximate surface area is 118 Å². The molecule has 19 heavy (non-hydrogen) atoms. The molecule has 0 spiro atoms. The van der Waals surface area contributed by atoms with Gasteiger partial charge in [0.15, 0.2) is 0 Å². The SMILES string of the molecule is CCC(CN)(C1CC1)N1CCC(N2CCCCC2)C1. The van der Waals surface area contributed by atoms with E-state index in [0.717, 1.165) is 18.5 Å². The van der Waals surface area contributed by atoms with Crippen molar-refractivity contribution < 1.29 is 0 Å². The van der Waals surface area contributed by atoms with Crippen LogP contribution in [0.5, 0.6) is 0 Å². The van der Waals surface area contributed by atoms with Crippen molar-refractivity contribution in [3.63, 3.8) is 0 Å². The molecule has 0 bridgehead atoms. The van der Waals surface area contributed by atoms with E-state index in [1.165, 1.54) is 71.1 Å². The molecular weight excluding hydrogens is 234 g/mol. The number of nitrogens with zero attached hydrogens (tertiary/aromatic N) is 2. The van der Waals surface area contributed by atoms with Gasteiger partial charge in [-0.15, -0.1) is 0 Å². The van der Waals surface area contributed by atoms with Crippen LogP contribution in [0.2, 0.25) is 0 Å². The summed E-state index contributed by atoms with van der Waals surface area (Å²) in [6, 6.07) is 0.816. The van der Waals surface area contributed by atoms with Crippen LogP contribution in [-0.4, -0.2) is 54.1 Å². The molecule has 3 nitrogen and oxygen atoms in total. The van der Waals surface area contributed by atoms with Crippen LogP contribution in [0.15, 0.2) is 0 Å². The van der Waals surface area contributed by atoms with Gasteiger partial charge in [0, 0.05) is 31.2 Å². The highest BCUT2D eigenvalue weighted by atomic mass is 15.3. The maximum atomic E-state index is 6.21. The van der Waals surface area contributed by atoms with E-state index in [-0.39, 0.29) is 0 Å². The Kier molecular flexibility index (Phi) is 4.16. The molecule has 3 rings (SSSR count). The standard InChI is InChI=1S/C16H31N3/c1-2-16(13-17,14-6-7-14)19-11-8-15(12-19)18-9-4-3-5-10-18/h14-15H,2-13,17H2,1H3. The smallest absolute Gasteiger partial charge is 0.0357 e. The van der Waals surface area contributed by atoms with Crippen molar-refractivity contribution in [1.82, 2.24) is 9.80 Å². The Bertz CT molecular complexity index is 290. The van der Waals surface area contributed by atoms with Gasteiger partial charge in [0.1, 0.15) is 0 Å². The number of likely N-dealkylation sites (tertiary alicyclic amines) is 2. The second-order valence-corrected chi connectivity index (χ2v) is 6.92. The van der Waals surface area contributed by atoms with E-state index in [1.807, 2.05) is 0 Å². The van der Waals surface area contributed by atoms with Crippen molar-refractivity contribution in [3.8, 4) is 0 Å². The first-order valence-electron chi connectivity index (χ1n) is 8.49. The van der Waals surface area contributed by atoms with Gasteiger partial charge in [0.2, 0.25) is 0 Å². The maximum absolute atomic E-state index is 6.21. The highest BCUT2D eigenvalue weighted by Crippen LogP contribution is 2.46. The summed E-state index contributed by atoms with van der Waals surface area (Å²) >= 11 is 0. The molecule has 3 fully saturated rings. The summed E-state index contributed by atoms with van der Waals surface area (Å²) in [5, 5.41) is 0. The first-order valence-corrected chi connectivity index (χ1v) is 8.49. The third-order valence-electron chi connectivity index (χ3n) is 6.00. The molecule has 1 saturated carbocycles. The zero-order valence-corrected chi connectivity index (χ0v) is 12.6. The topological polar surface area (TPSA) is 32.5 Å². The fourth-order valence-electron chi connectivity index (χ4n) is 4.56. The van der Waals surface area contributed by atoms with E-state index in [4.69, 9.17) is 5.73 Å². The number of hydrogen-bond acceptors (Lipinski definition) is 3. The van der Waals surface area contributed by atoms with Crippen molar-refractivity contribution in [2.45, 2.75) is 63.5 Å². The van der Waals surface area contributed by atoms with Gasteiger partial charge in [-0.05, 0) is 57.5 Å². The minimum atomic E-state index is 0.338. The molecule has 0 amide bonds. The largest absolute Gasteiger partial charge is 0.329 e. The highest BCUT2D eigenvalue weighted by molar-refractivity contribution is 5.05. The van der Waals surface area contributed by atoms with Crippen LogP contribution in [0.1, 0.15) is 51.9 Å². The molecule has 0 radical (unpaired) electrons. The van der Waals surface area contributed by atoms with Crippen molar-refractivity contribution >= 4 is 0 Å². The molecule has 0 aromatic carbocycles. The first kappa shape index (κ1) is 13.8. The average Bonchev–Trinajstić information content (AvgIpc) is 3.20. The zero-order valence-electron chi connectivity index (χ0n) is 12.6. The molecule has 0 aromatic heterocycles. The predicted octanol–water partition coefficient (Wildman–Crippen LogP) is 2.06. The lowest BCUT2D eigenvalue weighted by Crippen LogP contribution is -2.55. The fourth-order valence-corrected chi connectivity index (χ4v) is 4.56. The van der Waals surface area contributed by atoms with Crippen molar-refractivity contribution in [2.24, 2.45) is 11.7 Å². The molecule has 3 heteroatoms. The summed E-state index contributed by atoms with van der Waals surface area (Å²) in [7, 11) is 0. The molecular formula is C16H31N3. The van der Waals surface area contributed by atoms with Gasteiger partial charge in [-0.25, -0.2) is 0 Å². The summed E-state index contributed by atoms with van der Waals surface area (Å²) < 4.78 is 0. The quantitative estimate of drug-likeness (QED) is 0.826. The number of rotatable bonds is 5. The molecule has 2 atom stereocenters. The van der Waals surface area contributed by atoms with E-state index < -0.39 is 0 Å². The van der Waals surface area contributed by atoms with E-state index in [1.54, 1.807) is 0 Å². The van der Waals surface area contributed by atoms with Gasteiger partial charge in [0.25, 0.3) is 0 Å².